The van der Waals surface area contributed by atoms with Gasteiger partial charge in [0.05, 0.1) is 6.54 Å². The minimum atomic E-state index is 0.317. The molecule has 0 aliphatic rings. The molecule has 0 saturated carbocycles. The topological polar surface area (TPSA) is 26.0 Å². The summed E-state index contributed by atoms with van der Waals surface area (Å²) < 4.78 is 0.317. The minimum absolute atomic E-state index is 0.317. The zero-order chi connectivity index (χ0) is 12.0. The molecule has 1 rings (SSSR count). The summed E-state index contributed by atoms with van der Waals surface area (Å²) in [4.78, 5) is 0. The van der Waals surface area contributed by atoms with Crippen LogP contribution in [0.1, 0.15) is 31.9 Å². The zero-order valence-corrected chi connectivity index (χ0v) is 11.0. The van der Waals surface area contributed by atoms with Crippen molar-refractivity contribution >= 4 is 11.8 Å². The Balaban J connectivity index is 2.58. The molecule has 16 heavy (non-hydrogen) atoms. The van der Waals surface area contributed by atoms with Crippen molar-refractivity contribution in [1.29, 1.82) is 0 Å². The van der Waals surface area contributed by atoms with Crippen molar-refractivity contribution in [2.75, 3.05) is 6.54 Å². The van der Waals surface area contributed by atoms with Crippen molar-refractivity contribution in [3.05, 3.63) is 35.4 Å². The largest absolute Gasteiger partial charge is 0.320 e. The van der Waals surface area contributed by atoms with Crippen molar-refractivity contribution in [2.45, 2.75) is 31.3 Å². The Morgan fingerprint density at radius 3 is 2.31 bits per heavy atom. The molecule has 1 aromatic rings. The molecular weight excluding hydrogens is 214 g/mol. The van der Waals surface area contributed by atoms with Crippen LogP contribution in [-0.4, -0.2) is 11.3 Å². The number of hydrogen-bond acceptors (Lipinski definition) is 2. The van der Waals surface area contributed by atoms with E-state index in [0.29, 0.717) is 11.3 Å². The van der Waals surface area contributed by atoms with E-state index < -0.39 is 0 Å². The highest BCUT2D eigenvalue weighted by atomic mass is 32.2. The standard InChI is InChI=1S/C14H19NS/c1-14(2,3)16-11-13-8-6-12(7-9-13)5-4-10-15/h6-9H,10-11,15H2,1-3H3. The lowest BCUT2D eigenvalue weighted by Gasteiger charge is -2.17. The molecule has 2 heteroatoms. The van der Waals surface area contributed by atoms with Crippen LogP contribution in [0, 0.1) is 11.8 Å². The molecule has 0 atom stereocenters. The van der Waals surface area contributed by atoms with E-state index >= 15 is 0 Å². The monoisotopic (exact) mass is 233 g/mol. The first-order valence-corrected chi connectivity index (χ1v) is 6.42. The summed E-state index contributed by atoms with van der Waals surface area (Å²) in [6, 6.07) is 8.39. The summed E-state index contributed by atoms with van der Waals surface area (Å²) in [6.07, 6.45) is 0. The van der Waals surface area contributed by atoms with Gasteiger partial charge >= 0.3 is 0 Å². The van der Waals surface area contributed by atoms with Crippen LogP contribution in [0.25, 0.3) is 0 Å². The molecule has 0 amide bonds. The van der Waals surface area contributed by atoms with E-state index in [1.54, 1.807) is 0 Å². The van der Waals surface area contributed by atoms with Crippen LogP contribution >= 0.6 is 11.8 Å². The van der Waals surface area contributed by atoms with Crippen LogP contribution in [-0.2, 0) is 5.75 Å². The number of nitrogens with two attached hydrogens (primary N) is 1. The first-order valence-electron chi connectivity index (χ1n) is 5.43. The van der Waals surface area contributed by atoms with Crippen molar-refractivity contribution in [2.24, 2.45) is 5.73 Å². The quantitative estimate of drug-likeness (QED) is 0.795. The summed E-state index contributed by atoms with van der Waals surface area (Å²) in [5, 5.41) is 0. The molecule has 2 N–H and O–H groups in total. The SMILES string of the molecule is CC(C)(C)SCc1ccc(C#CCN)cc1. The molecule has 0 fully saturated rings. The summed E-state index contributed by atoms with van der Waals surface area (Å²) >= 11 is 1.95. The van der Waals surface area contributed by atoms with Gasteiger partial charge in [-0.05, 0) is 17.7 Å². The number of rotatable bonds is 2. The fraction of sp³-hybridized carbons (Fsp3) is 0.429. The Hall–Kier alpha value is -0.910. The van der Waals surface area contributed by atoms with Crippen LogP contribution < -0.4 is 5.73 Å². The van der Waals surface area contributed by atoms with Gasteiger partial charge in [-0.1, -0.05) is 44.7 Å². The van der Waals surface area contributed by atoms with Gasteiger partial charge in [-0.25, -0.2) is 0 Å². The van der Waals surface area contributed by atoms with Crippen molar-refractivity contribution in [1.82, 2.24) is 0 Å². The number of hydrogen-bond donors (Lipinski definition) is 1. The number of benzene rings is 1. The minimum Gasteiger partial charge on any atom is -0.320 e. The molecule has 0 unspecified atom stereocenters. The third-order valence-electron chi connectivity index (χ3n) is 1.96. The van der Waals surface area contributed by atoms with Gasteiger partial charge in [0.2, 0.25) is 0 Å². The van der Waals surface area contributed by atoms with E-state index in [0.717, 1.165) is 11.3 Å². The van der Waals surface area contributed by atoms with Gasteiger partial charge < -0.3 is 5.73 Å². The fourth-order valence-corrected chi connectivity index (χ4v) is 1.93. The molecule has 1 aromatic carbocycles. The van der Waals surface area contributed by atoms with E-state index in [1.165, 1.54) is 5.56 Å². The summed E-state index contributed by atoms with van der Waals surface area (Å²) in [6.45, 7) is 7.12. The van der Waals surface area contributed by atoms with Crippen LogP contribution in [0.15, 0.2) is 24.3 Å². The van der Waals surface area contributed by atoms with Gasteiger partial charge in [0, 0.05) is 16.1 Å². The van der Waals surface area contributed by atoms with E-state index in [1.807, 2.05) is 11.8 Å². The van der Waals surface area contributed by atoms with Gasteiger partial charge in [-0.15, -0.1) is 0 Å². The molecule has 0 aromatic heterocycles. The maximum Gasteiger partial charge on any atom is 0.0555 e. The van der Waals surface area contributed by atoms with Crippen molar-refractivity contribution in [3.63, 3.8) is 0 Å². The van der Waals surface area contributed by atoms with E-state index in [-0.39, 0.29) is 0 Å². The highest BCUT2D eigenvalue weighted by Crippen LogP contribution is 2.26. The maximum atomic E-state index is 5.32. The Morgan fingerprint density at radius 1 is 1.19 bits per heavy atom. The second-order valence-electron chi connectivity index (χ2n) is 4.60. The lowest BCUT2D eigenvalue weighted by molar-refractivity contribution is 0.802. The Labute approximate surface area is 103 Å². The van der Waals surface area contributed by atoms with E-state index in [4.69, 9.17) is 5.73 Å². The van der Waals surface area contributed by atoms with Gasteiger partial charge in [0.25, 0.3) is 0 Å². The summed E-state index contributed by atoms with van der Waals surface area (Å²) in [5.41, 5.74) is 7.71. The molecule has 0 aliphatic heterocycles. The van der Waals surface area contributed by atoms with Crippen LogP contribution in [0.2, 0.25) is 0 Å². The molecule has 86 valence electrons. The Morgan fingerprint density at radius 2 is 1.81 bits per heavy atom. The molecule has 0 spiro atoms. The predicted molar refractivity (Wildman–Crippen MR) is 73.4 cm³/mol. The van der Waals surface area contributed by atoms with Gasteiger partial charge in [-0.2, -0.15) is 11.8 Å². The normalized spacial score (nSPS) is 10.8. The first kappa shape index (κ1) is 13.2. The Bertz CT molecular complexity index is 376. The molecule has 0 bridgehead atoms. The van der Waals surface area contributed by atoms with Crippen molar-refractivity contribution in [3.8, 4) is 11.8 Å². The predicted octanol–water partition coefficient (Wildman–Crippen LogP) is 3.03. The lowest BCUT2D eigenvalue weighted by Crippen LogP contribution is -2.07. The van der Waals surface area contributed by atoms with Crippen LogP contribution in [0.3, 0.4) is 0 Å². The maximum absolute atomic E-state index is 5.32. The molecule has 0 aliphatic carbocycles. The van der Waals surface area contributed by atoms with Crippen LogP contribution in [0.4, 0.5) is 0 Å². The Kier molecular flexibility index (Phi) is 4.92. The first-order chi connectivity index (χ1) is 7.51. The van der Waals surface area contributed by atoms with Crippen molar-refractivity contribution < 1.29 is 0 Å². The number of thioether (sulfide) groups is 1. The zero-order valence-electron chi connectivity index (χ0n) is 10.2. The second kappa shape index (κ2) is 5.98. The smallest absolute Gasteiger partial charge is 0.0555 e. The highest BCUT2D eigenvalue weighted by molar-refractivity contribution is 7.99. The third kappa shape index (κ3) is 5.25. The fourth-order valence-electron chi connectivity index (χ4n) is 1.14. The average Bonchev–Trinajstić information content (AvgIpc) is 2.24. The van der Waals surface area contributed by atoms with Gasteiger partial charge in [0.15, 0.2) is 0 Å². The lowest BCUT2D eigenvalue weighted by atomic mass is 10.1. The molecular formula is C14H19NS. The van der Waals surface area contributed by atoms with Crippen LogP contribution in [0.5, 0.6) is 0 Å². The molecule has 0 heterocycles. The third-order valence-corrected chi connectivity index (χ3v) is 3.30. The second-order valence-corrected chi connectivity index (χ2v) is 6.41. The molecule has 0 radical (unpaired) electrons. The molecule has 0 saturated heterocycles. The highest BCUT2D eigenvalue weighted by Gasteiger charge is 2.09. The van der Waals surface area contributed by atoms with E-state index in [2.05, 4.69) is 56.9 Å². The summed E-state index contributed by atoms with van der Waals surface area (Å²) in [5.74, 6) is 6.92. The van der Waals surface area contributed by atoms with E-state index in [9.17, 15) is 0 Å². The molecule has 1 nitrogen and oxygen atoms in total. The van der Waals surface area contributed by atoms with Gasteiger partial charge in [0.1, 0.15) is 0 Å². The van der Waals surface area contributed by atoms with Gasteiger partial charge in [-0.3, -0.25) is 0 Å². The average molecular weight is 233 g/mol. The summed E-state index contributed by atoms with van der Waals surface area (Å²) in [7, 11) is 0.